The zero-order valence-corrected chi connectivity index (χ0v) is 8.87. The molecule has 0 saturated heterocycles. The lowest BCUT2D eigenvalue weighted by atomic mass is 9.80. The minimum atomic E-state index is -2.80. The average molecular weight is 212 g/mol. The van der Waals surface area contributed by atoms with Crippen LogP contribution in [0.25, 0.3) is 0 Å². The van der Waals surface area contributed by atoms with Crippen LogP contribution in [0.2, 0.25) is 0 Å². The van der Waals surface area contributed by atoms with E-state index in [0.717, 1.165) is 0 Å². The van der Waals surface area contributed by atoms with Crippen LogP contribution >= 0.6 is 0 Å². The van der Waals surface area contributed by atoms with Gasteiger partial charge in [-0.15, -0.1) is 0 Å². The molecule has 1 unspecified atom stereocenters. The molecule has 0 aliphatic heterocycles. The van der Waals surface area contributed by atoms with Crippen molar-refractivity contribution < 1.29 is 8.78 Å². The highest BCUT2D eigenvalue weighted by atomic mass is 19.3. The number of nitrogens with zero attached hydrogens (tertiary/aromatic N) is 2. The number of fused-ring (bicyclic) bond motifs is 1. The molecule has 1 aliphatic rings. The Hall–Kier alpha value is -1.06. The third-order valence-electron chi connectivity index (χ3n) is 3.00. The highest BCUT2D eigenvalue weighted by Gasteiger charge is 2.43. The average Bonchev–Trinajstić information content (AvgIpc) is 2.17. The van der Waals surface area contributed by atoms with Gasteiger partial charge < -0.3 is 0 Å². The molecule has 15 heavy (non-hydrogen) atoms. The first-order chi connectivity index (χ1) is 7.02. The Labute approximate surface area is 87.8 Å². The van der Waals surface area contributed by atoms with E-state index in [2.05, 4.69) is 9.97 Å². The summed E-state index contributed by atoms with van der Waals surface area (Å²) in [7, 11) is 0. The van der Waals surface area contributed by atoms with Crippen LogP contribution in [0.1, 0.15) is 44.0 Å². The van der Waals surface area contributed by atoms with Crippen LogP contribution in [-0.2, 0) is 5.92 Å². The van der Waals surface area contributed by atoms with Gasteiger partial charge in [0.15, 0.2) is 0 Å². The van der Waals surface area contributed by atoms with Crippen LogP contribution in [-0.4, -0.2) is 9.97 Å². The minimum absolute atomic E-state index is 0.110. The molecule has 1 aliphatic carbocycles. The van der Waals surface area contributed by atoms with E-state index >= 15 is 0 Å². The van der Waals surface area contributed by atoms with Crippen LogP contribution in [0.15, 0.2) is 12.4 Å². The van der Waals surface area contributed by atoms with Gasteiger partial charge in [0.1, 0.15) is 5.69 Å². The Morgan fingerprint density at radius 1 is 1.33 bits per heavy atom. The monoisotopic (exact) mass is 212 g/mol. The normalized spacial score (nSPS) is 23.9. The van der Waals surface area contributed by atoms with Gasteiger partial charge in [0.2, 0.25) is 0 Å². The van der Waals surface area contributed by atoms with Gasteiger partial charge in [-0.3, -0.25) is 9.97 Å². The van der Waals surface area contributed by atoms with Gasteiger partial charge in [-0.2, -0.15) is 8.78 Å². The van der Waals surface area contributed by atoms with Crippen molar-refractivity contribution in [1.82, 2.24) is 9.97 Å². The lowest BCUT2D eigenvalue weighted by molar-refractivity contribution is -0.0327. The van der Waals surface area contributed by atoms with Crippen LogP contribution in [0, 0.1) is 5.92 Å². The van der Waals surface area contributed by atoms with Crippen molar-refractivity contribution in [2.24, 2.45) is 5.92 Å². The molecule has 0 spiro atoms. The predicted octanol–water partition coefficient (Wildman–Crippen LogP) is 3.10. The molecule has 0 fully saturated rings. The highest BCUT2D eigenvalue weighted by molar-refractivity contribution is 5.24. The Balaban J connectivity index is 2.49. The van der Waals surface area contributed by atoms with E-state index in [-0.39, 0.29) is 18.0 Å². The summed E-state index contributed by atoms with van der Waals surface area (Å²) < 4.78 is 27.1. The SMILES string of the molecule is CC(C)C1CCC(F)(F)c2nccnc21. The molecule has 4 heteroatoms. The third kappa shape index (κ3) is 1.73. The number of halogens is 2. The topological polar surface area (TPSA) is 25.8 Å². The lowest BCUT2D eigenvalue weighted by Gasteiger charge is -2.31. The van der Waals surface area contributed by atoms with Crippen LogP contribution in [0.5, 0.6) is 0 Å². The molecule has 0 saturated carbocycles. The molecule has 2 rings (SSSR count). The summed E-state index contributed by atoms with van der Waals surface area (Å²) in [5.41, 5.74) is 0.374. The van der Waals surface area contributed by atoms with E-state index in [1.807, 2.05) is 13.8 Å². The van der Waals surface area contributed by atoms with E-state index in [4.69, 9.17) is 0 Å². The Morgan fingerprint density at radius 2 is 2.00 bits per heavy atom. The second-order valence-electron chi connectivity index (χ2n) is 4.38. The maximum Gasteiger partial charge on any atom is 0.291 e. The molecule has 82 valence electrons. The fraction of sp³-hybridized carbons (Fsp3) is 0.636. The fourth-order valence-electron chi connectivity index (χ4n) is 2.14. The Bertz CT molecular complexity index is 363. The zero-order valence-electron chi connectivity index (χ0n) is 8.87. The number of hydrogen-bond acceptors (Lipinski definition) is 2. The summed E-state index contributed by atoms with van der Waals surface area (Å²) in [5, 5.41) is 0. The molecular formula is C11H14F2N2. The summed E-state index contributed by atoms with van der Waals surface area (Å²) in [5.74, 6) is -2.35. The fourth-order valence-corrected chi connectivity index (χ4v) is 2.14. The first kappa shape index (κ1) is 10.5. The molecule has 0 bridgehead atoms. The Morgan fingerprint density at radius 3 is 2.67 bits per heavy atom. The second kappa shape index (κ2) is 3.51. The van der Waals surface area contributed by atoms with Crippen LogP contribution in [0.4, 0.5) is 8.78 Å². The molecule has 1 atom stereocenters. The highest BCUT2D eigenvalue weighted by Crippen LogP contribution is 2.45. The van der Waals surface area contributed by atoms with Gasteiger partial charge >= 0.3 is 0 Å². The lowest BCUT2D eigenvalue weighted by Crippen LogP contribution is -2.28. The van der Waals surface area contributed by atoms with Gasteiger partial charge in [-0.05, 0) is 12.3 Å². The second-order valence-corrected chi connectivity index (χ2v) is 4.38. The molecular weight excluding hydrogens is 198 g/mol. The van der Waals surface area contributed by atoms with Gasteiger partial charge in [0.05, 0.1) is 5.69 Å². The van der Waals surface area contributed by atoms with Crippen molar-refractivity contribution in [3.63, 3.8) is 0 Å². The number of alkyl halides is 2. The van der Waals surface area contributed by atoms with Gasteiger partial charge in [-0.25, -0.2) is 0 Å². The van der Waals surface area contributed by atoms with E-state index in [9.17, 15) is 8.78 Å². The van der Waals surface area contributed by atoms with E-state index in [0.29, 0.717) is 18.0 Å². The standard InChI is InChI=1S/C11H14F2N2/c1-7(2)8-3-4-11(12,13)10-9(8)14-5-6-15-10/h5-8H,3-4H2,1-2H3. The van der Waals surface area contributed by atoms with Crippen LogP contribution in [0.3, 0.4) is 0 Å². The molecule has 0 radical (unpaired) electrons. The molecule has 2 nitrogen and oxygen atoms in total. The minimum Gasteiger partial charge on any atom is -0.257 e. The predicted molar refractivity (Wildman–Crippen MR) is 52.7 cm³/mol. The van der Waals surface area contributed by atoms with Crippen molar-refractivity contribution in [1.29, 1.82) is 0 Å². The van der Waals surface area contributed by atoms with Crippen LogP contribution < -0.4 is 0 Å². The number of aromatic nitrogens is 2. The molecule has 0 amide bonds. The molecule has 1 aromatic rings. The van der Waals surface area contributed by atoms with Crippen molar-refractivity contribution >= 4 is 0 Å². The van der Waals surface area contributed by atoms with E-state index in [1.54, 1.807) is 0 Å². The molecule has 1 heterocycles. The van der Waals surface area contributed by atoms with Crippen molar-refractivity contribution in [2.75, 3.05) is 0 Å². The molecule has 1 aromatic heterocycles. The zero-order chi connectivity index (χ0) is 11.1. The first-order valence-corrected chi connectivity index (χ1v) is 5.21. The quantitative estimate of drug-likeness (QED) is 0.714. The number of rotatable bonds is 1. The summed E-state index contributed by atoms with van der Waals surface area (Å²) in [6, 6.07) is 0. The molecule has 0 aromatic carbocycles. The largest absolute Gasteiger partial charge is 0.291 e. The maximum absolute atomic E-state index is 13.5. The smallest absolute Gasteiger partial charge is 0.257 e. The van der Waals surface area contributed by atoms with Crippen molar-refractivity contribution in [3.8, 4) is 0 Å². The molecule has 0 N–H and O–H groups in total. The Kier molecular flexibility index (Phi) is 2.44. The van der Waals surface area contributed by atoms with Crippen molar-refractivity contribution in [2.45, 2.75) is 38.5 Å². The van der Waals surface area contributed by atoms with Gasteiger partial charge in [0.25, 0.3) is 5.92 Å². The maximum atomic E-state index is 13.5. The van der Waals surface area contributed by atoms with Crippen molar-refractivity contribution in [3.05, 3.63) is 23.8 Å². The summed E-state index contributed by atoms with van der Waals surface area (Å²) in [4.78, 5) is 7.87. The summed E-state index contributed by atoms with van der Waals surface area (Å²) >= 11 is 0. The van der Waals surface area contributed by atoms with Gasteiger partial charge in [0, 0.05) is 24.7 Å². The first-order valence-electron chi connectivity index (χ1n) is 5.21. The summed E-state index contributed by atoms with van der Waals surface area (Å²) in [6.45, 7) is 4.07. The number of hydrogen-bond donors (Lipinski definition) is 0. The third-order valence-corrected chi connectivity index (χ3v) is 3.00. The van der Waals surface area contributed by atoms with Gasteiger partial charge in [-0.1, -0.05) is 13.8 Å². The summed E-state index contributed by atoms with van der Waals surface area (Å²) in [6.07, 6.45) is 3.23. The van der Waals surface area contributed by atoms with E-state index < -0.39 is 5.92 Å². The van der Waals surface area contributed by atoms with E-state index in [1.165, 1.54) is 12.4 Å².